The summed E-state index contributed by atoms with van der Waals surface area (Å²) in [7, 11) is 0. The molecule has 1 fully saturated rings. The van der Waals surface area contributed by atoms with Gasteiger partial charge < -0.3 is 14.2 Å². The van der Waals surface area contributed by atoms with E-state index in [1.54, 1.807) is 0 Å². The summed E-state index contributed by atoms with van der Waals surface area (Å²) in [6, 6.07) is 5.31. The van der Waals surface area contributed by atoms with E-state index in [4.69, 9.17) is 14.2 Å². The van der Waals surface area contributed by atoms with Crippen LogP contribution in [0.1, 0.15) is 29.9 Å². The third-order valence-corrected chi connectivity index (χ3v) is 4.83. The lowest BCUT2D eigenvalue weighted by Gasteiger charge is -2.32. The van der Waals surface area contributed by atoms with Crippen molar-refractivity contribution in [2.24, 2.45) is 0 Å². The molecule has 0 amide bonds. The van der Waals surface area contributed by atoms with Crippen molar-refractivity contribution in [3.05, 3.63) is 41.1 Å². The number of ether oxygens (including phenoxy) is 3. The number of likely N-dealkylation sites (tertiary alicyclic amines) is 1. The molecule has 0 saturated carbocycles. The first-order valence-corrected chi connectivity index (χ1v) is 9.36. The molecule has 0 bridgehead atoms. The number of hydrogen-bond acceptors (Lipinski definition) is 6. The molecule has 0 radical (unpaired) electrons. The molecular formula is C20H24FN3O3. The van der Waals surface area contributed by atoms with Crippen molar-refractivity contribution in [3.8, 4) is 17.4 Å². The fourth-order valence-electron chi connectivity index (χ4n) is 3.55. The van der Waals surface area contributed by atoms with Gasteiger partial charge in [-0.1, -0.05) is 0 Å². The van der Waals surface area contributed by atoms with Crippen molar-refractivity contribution in [1.82, 2.24) is 14.9 Å². The maximum Gasteiger partial charge on any atom is 0.257 e. The molecule has 4 heterocycles. The average Bonchev–Trinajstić information content (AvgIpc) is 2.63. The van der Waals surface area contributed by atoms with Crippen LogP contribution in [0.2, 0.25) is 0 Å². The molecule has 2 aliphatic heterocycles. The third-order valence-electron chi connectivity index (χ3n) is 4.83. The zero-order valence-corrected chi connectivity index (χ0v) is 15.7. The molecule has 27 heavy (non-hydrogen) atoms. The average molecular weight is 373 g/mol. The molecule has 0 atom stereocenters. The van der Waals surface area contributed by atoms with Crippen molar-refractivity contribution in [2.75, 3.05) is 26.3 Å². The number of piperidine rings is 1. The van der Waals surface area contributed by atoms with E-state index in [1.165, 1.54) is 6.07 Å². The second-order valence-corrected chi connectivity index (χ2v) is 7.10. The number of aromatic nitrogens is 2. The zero-order valence-electron chi connectivity index (χ0n) is 15.7. The van der Waals surface area contributed by atoms with Crippen LogP contribution in [0.5, 0.6) is 17.4 Å². The van der Waals surface area contributed by atoms with Crippen LogP contribution in [-0.2, 0) is 6.54 Å². The molecule has 4 rings (SSSR count). The van der Waals surface area contributed by atoms with Gasteiger partial charge in [-0.15, -0.1) is 0 Å². The van der Waals surface area contributed by atoms with Crippen LogP contribution in [0.4, 0.5) is 4.39 Å². The normalized spacial score (nSPS) is 17.7. The number of aryl methyl sites for hydroxylation is 2. The van der Waals surface area contributed by atoms with E-state index in [0.29, 0.717) is 37.1 Å². The monoisotopic (exact) mass is 373 g/mol. The van der Waals surface area contributed by atoms with E-state index < -0.39 is 0 Å². The van der Waals surface area contributed by atoms with Gasteiger partial charge >= 0.3 is 0 Å². The number of hydrogen-bond donors (Lipinski definition) is 0. The topological polar surface area (TPSA) is 56.7 Å². The summed E-state index contributed by atoms with van der Waals surface area (Å²) in [4.78, 5) is 10.9. The number of halogens is 1. The zero-order chi connectivity index (χ0) is 18.8. The Bertz CT molecular complexity index is 802. The van der Waals surface area contributed by atoms with E-state index in [2.05, 4.69) is 14.9 Å². The van der Waals surface area contributed by atoms with Gasteiger partial charge in [-0.2, -0.15) is 0 Å². The van der Waals surface area contributed by atoms with Gasteiger partial charge in [-0.25, -0.2) is 9.37 Å². The van der Waals surface area contributed by atoms with E-state index in [1.807, 2.05) is 26.0 Å². The highest BCUT2D eigenvalue weighted by Crippen LogP contribution is 2.30. The Hall–Kier alpha value is -2.41. The Balaban J connectivity index is 1.34. The molecule has 0 spiro atoms. The van der Waals surface area contributed by atoms with Gasteiger partial charge in [0, 0.05) is 49.2 Å². The van der Waals surface area contributed by atoms with Gasteiger partial charge in [0.25, 0.3) is 5.88 Å². The fourth-order valence-corrected chi connectivity index (χ4v) is 3.55. The maximum absolute atomic E-state index is 14.3. The highest BCUT2D eigenvalue weighted by Gasteiger charge is 2.24. The second-order valence-electron chi connectivity index (χ2n) is 7.10. The van der Waals surface area contributed by atoms with Gasteiger partial charge in [-0.3, -0.25) is 9.88 Å². The first kappa shape index (κ1) is 18.0. The van der Waals surface area contributed by atoms with Crippen molar-refractivity contribution in [1.29, 1.82) is 0 Å². The van der Waals surface area contributed by atoms with E-state index >= 15 is 0 Å². The molecule has 1 saturated heterocycles. The third kappa shape index (κ3) is 4.30. The summed E-state index contributed by atoms with van der Waals surface area (Å²) >= 11 is 0. The second kappa shape index (κ2) is 7.68. The molecule has 0 aliphatic carbocycles. The Kier molecular flexibility index (Phi) is 5.11. The lowest BCUT2D eigenvalue weighted by atomic mass is 10.1. The highest BCUT2D eigenvalue weighted by atomic mass is 19.1. The van der Waals surface area contributed by atoms with Crippen molar-refractivity contribution in [3.63, 3.8) is 0 Å². The Morgan fingerprint density at radius 2 is 1.78 bits per heavy atom. The standard InChI is InChI=1S/C20H24FN3O3/c1-13-9-16(10-14(2)22-13)27-15-3-5-24(6-4-15)12-18-17(21)11-19-20(23-18)26-8-7-25-19/h9-11,15H,3-8,12H2,1-2H3. The Morgan fingerprint density at radius 1 is 1.07 bits per heavy atom. The van der Waals surface area contributed by atoms with Crippen LogP contribution in [0.15, 0.2) is 18.2 Å². The molecule has 0 N–H and O–H groups in total. The summed E-state index contributed by atoms with van der Waals surface area (Å²) in [5.41, 5.74) is 2.32. The summed E-state index contributed by atoms with van der Waals surface area (Å²) in [5, 5.41) is 0. The fraction of sp³-hybridized carbons (Fsp3) is 0.500. The lowest BCUT2D eigenvalue weighted by Crippen LogP contribution is -2.38. The van der Waals surface area contributed by atoms with Gasteiger partial charge in [-0.05, 0) is 26.7 Å². The van der Waals surface area contributed by atoms with E-state index in [0.717, 1.165) is 43.1 Å². The minimum Gasteiger partial charge on any atom is -0.490 e. The highest BCUT2D eigenvalue weighted by molar-refractivity contribution is 5.36. The van der Waals surface area contributed by atoms with Gasteiger partial charge in [0.1, 0.15) is 30.9 Å². The quantitative estimate of drug-likeness (QED) is 0.821. The van der Waals surface area contributed by atoms with Crippen LogP contribution < -0.4 is 14.2 Å². The van der Waals surface area contributed by atoms with Crippen LogP contribution >= 0.6 is 0 Å². The summed E-state index contributed by atoms with van der Waals surface area (Å²) in [6.45, 7) is 6.95. The Morgan fingerprint density at radius 3 is 2.52 bits per heavy atom. The number of fused-ring (bicyclic) bond motifs is 1. The van der Waals surface area contributed by atoms with Crippen LogP contribution in [0.25, 0.3) is 0 Å². The first-order chi connectivity index (χ1) is 13.1. The molecule has 2 aliphatic rings. The minimum absolute atomic E-state index is 0.167. The molecular weight excluding hydrogens is 349 g/mol. The van der Waals surface area contributed by atoms with Crippen LogP contribution in [0.3, 0.4) is 0 Å². The molecule has 0 aromatic carbocycles. The van der Waals surface area contributed by atoms with E-state index in [-0.39, 0.29) is 11.9 Å². The smallest absolute Gasteiger partial charge is 0.257 e. The van der Waals surface area contributed by atoms with Crippen molar-refractivity contribution in [2.45, 2.75) is 39.3 Å². The summed E-state index contributed by atoms with van der Waals surface area (Å²) in [6.07, 6.45) is 1.96. The number of rotatable bonds is 4. The van der Waals surface area contributed by atoms with E-state index in [9.17, 15) is 4.39 Å². The lowest BCUT2D eigenvalue weighted by molar-refractivity contribution is 0.0947. The number of pyridine rings is 2. The van der Waals surface area contributed by atoms with Crippen LogP contribution in [-0.4, -0.2) is 47.3 Å². The first-order valence-electron chi connectivity index (χ1n) is 9.36. The molecule has 6 nitrogen and oxygen atoms in total. The molecule has 2 aromatic heterocycles. The van der Waals surface area contributed by atoms with Crippen molar-refractivity contribution >= 4 is 0 Å². The minimum atomic E-state index is -0.347. The van der Waals surface area contributed by atoms with Gasteiger partial charge in [0.15, 0.2) is 5.75 Å². The predicted octanol–water partition coefficient (Wildman–Crippen LogP) is 3.05. The summed E-state index contributed by atoms with van der Waals surface area (Å²) in [5.74, 6) is 1.30. The molecule has 144 valence electrons. The molecule has 2 aromatic rings. The van der Waals surface area contributed by atoms with Crippen molar-refractivity contribution < 1.29 is 18.6 Å². The Labute approximate surface area is 158 Å². The number of nitrogens with zero attached hydrogens (tertiary/aromatic N) is 3. The van der Waals surface area contributed by atoms with Gasteiger partial charge in [0.05, 0.1) is 5.69 Å². The summed E-state index contributed by atoms with van der Waals surface area (Å²) < 4.78 is 31.3. The molecule has 7 heteroatoms. The predicted molar refractivity (Wildman–Crippen MR) is 97.8 cm³/mol. The van der Waals surface area contributed by atoms with Crippen LogP contribution in [0, 0.1) is 19.7 Å². The molecule has 0 unspecified atom stereocenters. The largest absolute Gasteiger partial charge is 0.490 e. The SMILES string of the molecule is Cc1cc(OC2CCN(Cc3nc4c(cc3F)OCCO4)CC2)cc(C)n1. The van der Waals surface area contributed by atoms with Gasteiger partial charge in [0.2, 0.25) is 0 Å². The maximum atomic E-state index is 14.3.